The highest BCUT2D eigenvalue weighted by atomic mass is 127. The smallest absolute Gasteiger partial charge is 0.271 e. The SMILES string of the molecule is O=C(c1cc([N+](=O)[O-])ccc1I)N1CCCO1. The van der Waals surface area contributed by atoms with Crippen LogP contribution in [-0.4, -0.2) is 29.0 Å². The van der Waals surface area contributed by atoms with Crippen molar-refractivity contribution in [2.45, 2.75) is 6.42 Å². The molecule has 0 N–H and O–H groups in total. The minimum Gasteiger partial charge on any atom is -0.271 e. The highest BCUT2D eigenvalue weighted by molar-refractivity contribution is 14.1. The molecule has 1 heterocycles. The molecule has 0 aromatic heterocycles. The first-order valence-electron chi connectivity index (χ1n) is 4.98. The average Bonchev–Trinajstić information content (AvgIpc) is 2.81. The summed E-state index contributed by atoms with van der Waals surface area (Å²) in [4.78, 5) is 27.3. The molecule has 0 atom stereocenters. The maximum atomic E-state index is 12.0. The van der Waals surface area contributed by atoms with Crippen molar-refractivity contribution in [3.63, 3.8) is 0 Å². The van der Waals surface area contributed by atoms with E-state index in [1.807, 2.05) is 22.6 Å². The first-order valence-corrected chi connectivity index (χ1v) is 6.06. The van der Waals surface area contributed by atoms with Gasteiger partial charge in [-0.15, -0.1) is 0 Å². The monoisotopic (exact) mass is 348 g/mol. The third-order valence-electron chi connectivity index (χ3n) is 2.37. The predicted molar refractivity (Wildman–Crippen MR) is 67.4 cm³/mol. The lowest BCUT2D eigenvalue weighted by molar-refractivity contribution is -0.384. The van der Waals surface area contributed by atoms with Crippen LogP contribution in [0.5, 0.6) is 0 Å². The Labute approximate surface area is 111 Å². The van der Waals surface area contributed by atoms with Crippen LogP contribution >= 0.6 is 22.6 Å². The molecule has 1 fully saturated rings. The number of rotatable bonds is 2. The third kappa shape index (κ3) is 2.55. The molecule has 17 heavy (non-hydrogen) atoms. The van der Waals surface area contributed by atoms with Crippen LogP contribution in [0.1, 0.15) is 16.8 Å². The van der Waals surface area contributed by atoms with Crippen molar-refractivity contribution in [1.29, 1.82) is 0 Å². The lowest BCUT2D eigenvalue weighted by Gasteiger charge is -2.14. The third-order valence-corrected chi connectivity index (χ3v) is 3.31. The minimum atomic E-state index is -0.516. The standard InChI is InChI=1S/C10H9IN2O4/c11-9-3-2-7(13(15)16)6-8(9)10(14)12-4-1-5-17-12/h2-3,6H,1,4-5H2. The summed E-state index contributed by atoms with van der Waals surface area (Å²) in [6.07, 6.45) is 0.789. The van der Waals surface area contributed by atoms with Crippen LogP contribution in [0.3, 0.4) is 0 Å². The molecular formula is C10H9IN2O4. The molecule has 90 valence electrons. The number of hydroxylamine groups is 2. The molecule has 1 saturated heterocycles. The maximum Gasteiger partial charge on any atom is 0.278 e. The number of nitro benzene ring substituents is 1. The van der Waals surface area contributed by atoms with Crippen LogP contribution in [0, 0.1) is 13.7 Å². The minimum absolute atomic E-state index is 0.0898. The number of hydrogen-bond acceptors (Lipinski definition) is 4. The Kier molecular flexibility index (Phi) is 3.57. The molecule has 0 saturated carbocycles. The van der Waals surface area contributed by atoms with Gasteiger partial charge in [0.1, 0.15) is 0 Å². The Morgan fingerprint density at radius 2 is 2.29 bits per heavy atom. The molecule has 1 aromatic rings. The van der Waals surface area contributed by atoms with Gasteiger partial charge in [-0.25, -0.2) is 5.06 Å². The number of benzene rings is 1. The molecular weight excluding hydrogens is 339 g/mol. The Morgan fingerprint density at radius 1 is 1.53 bits per heavy atom. The molecule has 1 amide bonds. The normalized spacial score (nSPS) is 15.0. The van der Waals surface area contributed by atoms with Crippen LogP contribution in [0.15, 0.2) is 18.2 Å². The summed E-state index contributed by atoms with van der Waals surface area (Å²) in [6, 6.07) is 4.22. The second-order valence-corrected chi connectivity index (χ2v) is 4.68. The zero-order valence-electron chi connectivity index (χ0n) is 8.76. The number of carbonyl (C=O) groups excluding carboxylic acids is 1. The Hall–Kier alpha value is -1.22. The van der Waals surface area contributed by atoms with Gasteiger partial charge in [0, 0.05) is 15.7 Å². The fourth-order valence-corrected chi connectivity index (χ4v) is 2.10. The number of non-ortho nitro benzene ring substituents is 1. The summed E-state index contributed by atoms with van der Waals surface area (Å²) < 4.78 is 0.675. The van der Waals surface area contributed by atoms with Crippen molar-refractivity contribution >= 4 is 34.2 Å². The number of hydrogen-bond donors (Lipinski definition) is 0. The number of nitrogens with zero attached hydrogens (tertiary/aromatic N) is 2. The molecule has 1 aliphatic heterocycles. The zero-order chi connectivity index (χ0) is 12.4. The zero-order valence-corrected chi connectivity index (χ0v) is 10.9. The van der Waals surface area contributed by atoms with E-state index in [2.05, 4.69) is 0 Å². The van der Waals surface area contributed by atoms with Gasteiger partial charge in [0.25, 0.3) is 11.6 Å². The van der Waals surface area contributed by atoms with E-state index in [1.165, 1.54) is 17.2 Å². The fourth-order valence-electron chi connectivity index (χ4n) is 1.53. The average molecular weight is 348 g/mol. The molecule has 0 radical (unpaired) electrons. The molecule has 0 aliphatic carbocycles. The summed E-state index contributed by atoms with van der Waals surface area (Å²) in [6.45, 7) is 1.04. The Bertz CT molecular complexity index is 471. The molecule has 0 unspecified atom stereocenters. The van der Waals surface area contributed by atoms with E-state index in [9.17, 15) is 14.9 Å². The molecule has 1 aromatic carbocycles. The van der Waals surface area contributed by atoms with Gasteiger partial charge in [-0.1, -0.05) is 0 Å². The molecule has 1 aliphatic rings. The van der Waals surface area contributed by atoms with E-state index >= 15 is 0 Å². The predicted octanol–water partition coefficient (Wildman–Crippen LogP) is 1.98. The highest BCUT2D eigenvalue weighted by Gasteiger charge is 2.24. The van der Waals surface area contributed by atoms with E-state index in [0.717, 1.165) is 6.42 Å². The second-order valence-electron chi connectivity index (χ2n) is 3.52. The van der Waals surface area contributed by atoms with Crippen LogP contribution in [0.25, 0.3) is 0 Å². The van der Waals surface area contributed by atoms with Crippen molar-refractivity contribution in [2.24, 2.45) is 0 Å². The van der Waals surface area contributed by atoms with Crippen molar-refractivity contribution in [3.8, 4) is 0 Å². The van der Waals surface area contributed by atoms with Crippen LogP contribution in [0.2, 0.25) is 0 Å². The summed E-state index contributed by atoms with van der Waals surface area (Å²) >= 11 is 1.98. The van der Waals surface area contributed by atoms with Crippen molar-refractivity contribution < 1.29 is 14.6 Å². The number of halogens is 1. The molecule has 0 bridgehead atoms. The van der Waals surface area contributed by atoms with E-state index in [4.69, 9.17) is 4.84 Å². The first-order chi connectivity index (χ1) is 8.09. The Balaban J connectivity index is 2.32. The Morgan fingerprint density at radius 3 is 2.88 bits per heavy atom. The second kappa shape index (κ2) is 4.96. The van der Waals surface area contributed by atoms with Gasteiger partial charge in [-0.2, -0.15) is 0 Å². The number of carbonyl (C=O) groups is 1. The molecule has 2 rings (SSSR count). The summed E-state index contributed by atoms with van der Waals surface area (Å²) in [7, 11) is 0. The number of nitro groups is 1. The summed E-state index contributed by atoms with van der Waals surface area (Å²) in [5.41, 5.74) is 0.217. The largest absolute Gasteiger partial charge is 0.278 e. The van der Waals surface area contributed by atoms with Crippen LogP contribution < -0.4 is 0 Å². The van der Waals surface area contributed by atoms with Crippen molar-refractivity contribution in [3.05, 3.63) is 37.4 Å². The van der Waals surface area contributed by atoms with Gasteiger partial charge < -0.3 is 0 Å². The van der Waals surface area contributed by atoms with Gasteiger partial charge in [0.2, 0.25) is 0 Å². The van der Waals surface area contributed by atoms with Gasteiger partial charge >= 0.3 is 0 Å². The van der Waals surface area contributed by atoms with E-state index in [0.29, 0.717) is 22.3 Å². The molecule has 7 heteroatoms. The topological polar surface area (TPSA) is 72.7 Å². The van der Waals surface area contributed by atoms with Gasteiger partial charge in [0.05, 0.1) is 23.6 Å². The van der Waals surface area contributed by atoms with E-state index < -0.39 is 4.92 Å². The van der Waals surface area contributed by atoms with Gasteiger partial charge in [-0.3, -0.25) is 19.7 Å². The van der Waals surface area contributed by atoms with Gasteiger partial charge in [-0.05, 0) is 35.1 Å². The lowest BCUT2D eigenvalue weighted by Crippen LogP contribution is -2.27. The maximum absolute atomic E-state index is 12.0. The first kappa shape index (κ1) is 12.2. The van der Waals surface area contributed by atoms with E-state index in [-0.39, 0.29) is 11.6 Å². The van der Waals surface area contributed by atoms with E-state index in [1.54, 1.807) is 6.07 Å². The quantitative estimate of drug-likeness (QED) is 0.465. The highest BCUT2D eigenvalue weighted by Crippen LogP contribution is 2.22. The fraction of sp³-hybridized carbons (Fsp3) is 0.300. The van der Waals surface area contributed by atoms with Gasteiger partial charge in [0.15, 0.2) is 0 Å². The summed E-state index contributed by atoms with van der Waals surface area (Å²) in [5.74, 6) is -0.324. The lowest BCUT2D eigenvalue weighted by atomic mass is 10.2. The van der Waals surface area contributed by atoms with Crippen molar-refractivity contribution in [2.75, 3.05) is 13.2 Å². The molecule has 6 nitrogen and oxygen atoms in total. The van der Waals surface area contributed by atoms with Crippen LogP contribution in [0.4, 0.5) is 5.69 Å². The summed E-state index contributed by atoms with van der Waals surface area (Å²) in [5, 5.41) is 11.9. The van der Waals surface area contributed by atoms with Crippen LogP contribution in [-0.2, 0) is 4.84 Å². The van der Waals surface area contributed by atoms with Crippen molar-refractivity contribution in [1.82, 2.24) is 5.06 Å². The molecule has 0 spiro atoms. The number of amides is 1.